The number of nitrogens with zero attached hydrogens (tertiary/aromatic N) is 2. The van der Waals surface area contributed by atoms with Crippen molar-refractivity contribution in [2.75, 3.05) is 4.90 Å². The summed E-state index contributed by atoms with van der Waals surface area (Å²) in [6, 6.07) is 15.2. The average Bonchev–Trinajstić information content (AvgIpc) is 3.34. The number of para-hydroxylation sites is 2. The Morgan fingerprint density at radius 2 is 1.73 bits per heavy atom. The minimum atomic E-state index is -1.28. The van der Waals surface area contributed by atoms with Crippen molar-refractivity contribution in [2.24, 2.45) is 0 Å². The molecule has 0 saturated carbocycles. The van der Waals surface area contributed by atoms with Crippen LogP contribution in [0.4, 0.5) is 14.7 Å². The van der Waals surface area contributed by atoms with Crippen molar-refractivity contribution in [2.45, 2.75) is 13.0 Å². The maximum Gasteiger partial charge on any atom is 0.302 e. The van der Waals surface area contributed by atoms with Crippen LogP contribution in [-0.4, -0.2) is 26.8 Å². The molecule has 2 N–H and O–H groups in total. The number of anilines is 1. The van der Waals surface area contributed by atoms with Crippen LogP contribution in [0, 0.1) is 18.6 Å². The number of aliphatic hydroxyl groups excluding tert-OH is 1. The van der Waals surface area contributed by atoms with Crippen LogP contribution in [0.5, 0.6) is 0 Å². The Morgan fingerprint density at radius 3 is 2.45 bits per heavy atom. The lowest BCUT2D eigenvalue weighted by atomic mass is 9.94. The van der Waals surface area contributed by atoms with Gasteiger partial charge in [-0.2, -0.15) is 0 Å². The van der Waals surface area contributed by atoms with E-state index < -0.39 is 35.1 Å². The molecule has 33 heavy (non-hydrogen) atoms. The van der Waals surface area contributed by atoms with Crippen molar-refractivity contribution in [3.8, 4) is 0 Å². The molecule has 164 valence electrons. The summed E-state index contributed by atoms with van der Waals surface area (Å²) in [5.74, 6) is -3.60. The number of aromatic amines is 1. The van der Waals surface area contributed by atoms with E-state index in [1.165, 1.54) is 37.3 Å². The van der Waals surface area contributed by atoms with Crippen LogP contribution < -0.4 is 4.90 Å². The van der Waals surface area contributed by atoms with Crippen LogP contribution in [0.1, 0.15) is 22.7 Å². The van der Waals surface area contributed by atoms with Crippen LogP contribution in [0.2, 0.25) is 0 Å². The lowest BCUT2D eigenvalue weighted by molar-refractivity contribution is -0.132. The molecule has 4 aromatic rings. The summed E-state index contributed by atoms with van der Waals surface area (Å²) in [5.41, 5.74) is 1.26. The number of amides is 1. The van der Waals surface area contributed by atoms with E-state index in [1.807, 2.05) is 0 Å². The monoisotopic (exact) mass is 445 g/mol. The van der Waals surface area contributed by atoms with Crippen LogP contribution in [0.15, 0.2) is 72.3 Å². The maximum absolute atomic E-state index is 14.9. The molecule has 0 bridgehead atoms. The number of aromatic nitrogens is 2. The Balaban J connectivity index is 1.76. The number of H-pyrrole nitrogens is 1. The first-order chi connectivity index (χ1) is 15.9. The van der Waals surface area contributed by atoms with E-state index in [0.29, 0.717) is 11.0 Å². The van der Waals surface area contributed by atoms with Gasteiger partial charge in [-0.1, -0.05) is 30.3 Å². The van der Waals surface area contributed by atoms with E-state index in [1.54, 1.807) is 30.3 Å². The lowest BCUT2D eigenvalue weighted by Gasteiger charge is -2.23. The number of ketones is 1. The highest BCUT2D eigenvalue weighted by Gasteiger charge is 2.49. The molecule has 8 heteroatoms. The summed E-state index contributed by atoms with van der Waals surface area (Å²) in [5, 5.41) is 11.1. The van der Waals surface area contributed by atoms with Gasteiger partial charge in [-0.15, -0.1) is 0 Å². The van der Waals surface area contributed by atoms with Gasteiger partial charge >= 0.3 is 5.91 Å². The summed E-state index contributed by atoms with van der Waals surface area (Å²) < 4.78 is 28.7. The van der Waals surface area contributed by atoms with Gasteiger partial charge in [0.25, 0.3) is 5.78 Å². The molecule has 1 aromatic heterocycles. The second-order valence-corrected chi connectivity index (χ2v) is 7.73. The molecule has 1 aliphatic rings. The fourth-order valence-electron chi connectivity index (χ4n) is 4.04. The molecular weight excluding hydrogens is 428 g/mol. The lowest BCUT2D eigenvalue weighted by Crippen LogP contribution is -2.30. The molecule has 1 amide bonds. The maximum atomic E-state index is 14.9. The highest BCUT2D eigenvalue weighted by Crippen LogP contribution is 2.42. The van der Waals surface area contributed by atoms with Crippen LogP contribution in [0.3, 0.4) is 0 Å². The number of hydrogen-bond acceptors (Lipinski definition) is 4. The first kappa shape index (κ1) is 20.6. The number of imidazole rings is 1. The Hall–Kier alpha value is -4.33. The number of aryl methyl sites for hydroxylation is 1. The van der Waals surface area contributed by atoms with Crippen LogP contribution in [0.25, 0.3) is 16.8 Å². The predicted octanol–water partition coefficient (Wildman–Crippen LogP) is 4.78. The number of rotatable bonds is 3. The fourth-order valence-corrected chi connectivity index (χ4v) is 4.04. The van der Waals surface area contributed by atoms with Gasteiger partial charge in [0.05, 0.1) is 16.6 Å². The molecule has 1 unspecified atom stereocenters. The third-order valence-corrected chi connectivity index (χ3v) is 5.68. The molecule has 0 spiro atoms. The molecule has 1 aliphatic heterocycles. The van der Waals surface area contributed by atoms with E-state index >= 15 is 0 Å². The molecule has 5 rings (SSSR count). The predicted molar refractivity (Wildman–Crippen MR) is 118 cm³/mol. The highest BCUT2D eigenvalue weighted by atomic mass is 19.1. The molecule has 1 fully saturated rings. The summed E-state index contributed by atoms with van der Waals surface area (Å²) in [6.45, 7) is 1.51. The van der Waals surface area contributed by atoms with E-state index in [0.717, 1.165) is 11.0 Å². The number of fused-ring (bicyclic) bond motifs is 1. The largest absolute Gasteiger partial charge is 0.507 e. The molecule has 0 aliphatic carbocycles. The zero-order valence-electron chi connectivity index (χ0n) is 17.3. The summed E-state index contributed by atoms with van der Waals surface area (Å²) in [4.78, 5) is 34.7. The van der Waals surface area contributed by atoms with Gasteiger partial charge < -0.3 is 10.1 Å². The normalized spacial score (nSPS) is 17.8. The van der Waals surface area contributed by atoms with Gasteiger partial charge in [0.15, 0.2) is 0 Å². The minimum absolute atomic E-state index is 0.0116. The van der Waals surface area contributed by atoms with Gasteiger partial charge in [0.2, 0.25) is 5.95 Å². The zero-order chi connectivity index (χ0) is 23.3. The molecule has 6 nitrogen and oxygen atoms in total. The van der Waals surface area contributed by atoms with Crippen molar-refractivity contribution >= 4 is 34.4 Å². The smallest absolute Gasteiger partial charge is 0.302 e. The van der Waals surface area contributed by atoms with Crippen LogP contribution in [-0.2, 0) is 9.59 Å². The molecule has 0 radical (unpaired) electrons. The second-order valence-electron chi connectivity index (χ2n) is 7.73. The van der Waals surface area contributed by atoms with Crippen molar-refractivity contribution < 1.29 is 23.5 Å². The standard InChI is InChI=1S/C25H17F2N3O3/c1-13-12-14(10-11-16(13)26)22(31)20-21(15-6-2-3-7-17(15)27)30(24(33)23(20)32)25-28-18-8-4-5-9-19(18)29-25/h2-12,21,31H,1H3,(H,28,29)/b22-20+. The van der Waals surface area contributed by atoms with Crippen molar-refractivity contribution in [1.29, 1.82) is 0 Å². The highest BCUT2D eigenvalue weighted by molar-refractivity contribution is 6.51. The number of benzene rings is 3. The van der Waals surface area contributed by atoms with E-state index in [9.17, 15) is 23.5 Å². The van der Waals surface area contributed by atoms with Gasteiger partial charge in [0, 0.05) is 11.1 Å². The average molecular weight is 445 g/mol. The van der Waals surface area contributed by atoms with Gasteiger partial charge in [-0.3, -0.25) is 14.5 Å². The summed E-state index contributed by atoms with van der Waals surface area (Å²) in [6.07, 6.45) is 0. The van der Waals surface area contributed by atoms with Gasteiger partial charge in [0.1, 0.15) is 23.4 Å². The summed E-state index contributed by atoms with van der Waals surface area (Å²) >= 11 is 0. The Bertz CT molecular complexity index is 1440. The second kappa shape index (κ2) is 7.67. The van der Waals surface area contributed by atoms with Crippen molar-refractivity contribution in [1.82, 2.24) is 9.97 Å². The number of hydrogen-bond donors (Lipinski definition) is 2. The Kier molecular flexibility index (Phi) is 4.78. The summed E-state index contributed by atoms with van der Waals surface area (Å²) in [7, 11) is 0. The van der Waals surface area contributed by atoms with Gasteiger partial charge in [-0.05, 0) is 48.9 Å². The molecular formula is C25H17F2N3O3. The topological polar surface area (TPSA) is 86.3 Å². The van der Waals surface area contributed by atoms with E-state index in [-0.39, 0.29) is 28.2 Å². The fraction of sp³-hybridized carbons (Fsp3) is 0.0800. The van der Waals surface area contributed by atoms with E-state index in [2.05, 4.69) is 9.97 Å². The Labute approximate surface area is 186 Å². The first-order valence-electron chi connectivity index (χ1n) is 10.1. The van der Waals surface area contributed by atoms with Crippen LogP contribution >= 0.6 is 0 Å². The SMILES string of the molecule is Cc1cc(/C(O)=C2\C(=O)C(=O)N(c3nc4ccccc4[nH]3)C2c2ccccc2F)ccc1F. The molecule has 1 atom stereocenters. The van der Waals surface area contributed by atoms with Gasteiger partial charge in [-0.25, -0.2) is 13.8 Å². The molecule has 1 saturated heterocycles. The third-order valence-electron chi connectivity index (χ3n) is 5.68. The third kappa shape index (κ3) is 3.27. The number of nitrogens with one attached hydrogen (secondary N) is 1. The molecule has 2 heterocycles. The number of carbonyl (C=O) groups is 2. The molecule has 3 aromatic carbocycles. The minimum Gasteiger partial charge on any atom is -0.507 e. The number of carbonyl (C=O) groups excluding carboxylic acids is 2. The Morgan fingerprint density at radius 1 is 1.00 bits per heavy atom. The number of aliphatic hydroxyl groups is 1. The first-order valence-corrected chi connectivity index (χ1v) is 10.1. The quantitative estimate of drug-likeness (QED) is 0.270. The number of Topliss-reactive ketones (excluding diaryl/α,β-unsaturated/α-hetero) is 1. The van der Waals surface area contributed by atoms with Crippen molar-refractivity contribution in [3.05, 3.63) is 101 Å². The van der Waals surface area contributed by atoms with Crippen molar-refractivity contribution in [3.63, 3.8) is 0 Å². The zero-order valence-corrected chi connectivity index (χ0v) is 17.3. The van der Waals surface area contributed by atoms with E-state index in [4.69, 9.17) is 0 Å². The number of halogens is 2.